The molecule has 2 atom stereocenters. The van der Waals surface area contributed by atoms with E-state index in [4.69, 9.17) is 13.9 Å². The highest BCUT2D eigenvalue weighted by Gasteiger charge is 2.61. The summed E-state index contributed by atoms with van der Waals surface area (Å²) in [6.45, 7) is 18.8. The molecular weight excluding hydrogens is 360 g/mol. The number of carbonyl (C=O) groups is 2. The molecule has 0 aromatic rings. The predicted octanol–water partition coefficient (Wildman–Crippen LogP) is 4.76. The summed E-state index contributed by atoms with van der Waals surface area (Å²) in [4.78, 5) is 26.0. The molecule has 2 rings (SSSR count). The van der Waals surface area contributed by atoms with Crippen molar-refractivity contribution in [3.8, 4) is 0 Å². The molecule has 0 radical (unpaired) electrons. The van der Waals surface area contributed by atoms with Gasteiger partial charge >= 0.3 is 5.97 Å². The molecule has 27 heavy (non-hydrogen) atoms. The normalized spacial score (nSPS) is 28.6. The molecule has 1 fully saturated rings. The van der Waals surface area contributed by atoms with Crippen LogP contribution in [-0.2, 0) is 23.5 Å². The van der Waals surface area contributed by atoms with Gasteiger partial charge in [0.05, 0.1) is 24.1 Å². The number of Topliss-reactive ketones (excluding diaryl/α,β-unsaturated/α-hetero) is 1. The van der Waals surface area contributed by atoms with Gasteiger partial charge in [-0.3, -0.25) is 9.59 Å². The maximum Gasteiger partial charge on any atom is 0.322 e. The first kappa shape index (κ1) is 22.1. The summed E-state index contributed by atoms with van der Waals surface area (Å²) in [7, 11) is -2.02. The molecule has 0 amide bonds. The first-order valence-electron chi connectivity index (χ1n) is 9.92. The van der Waals surface area contributed by atoms with Gasteiger partial charge < -0.3 is 13.9 Å². The zero-order chi connectivity index (χ0) is 20.8. The fourth-order valence-corrected chi connectivity index (χ4v) is 4.89. The molecule has 1 saturated heterocycles. The Bertz CT molecular complexity index is 656. The summed E-state index contributed by atoms with van der Waals surface area (Å²) in [6.07, 6.45) is 0.423. The summed E-state index contributed by atoms with van der Waals surface area (Å²) in [5.41, 5.74) is -0.873. The van der Waals surface area contributed by atoms with Gasteiger partial charge in [0.15, 0.2) is 11.2 Å². The minimum absolute atomic E-state index is 0.0679. The van der Waals surface area contributed by atoms with E-state index < -0.39 is 31.4 Å². The summed E-state index contributed by atoms with van der Waals surface area (Å²) >= 11 is 0. The molecule has 0 bridgehead atoms. The van der Waals surface area contributed by atoms with E-state index in [0.29, 0.717) is 12.8 Å². The maximum absolute atomic E-state index is 13.1. The van der Waals surface area contributed by atoms with E-state index in [2.05, 4.69) is 33.9 Å². The molecule has 0 N–H and O–H groups in total. The molecule has 0 aromatic heterocycles. The number of fused-ring (bicyclic) bond motifs is 1. The van der Waals surface area contributed by atoms with Crippen LogP contribution in [0.25, 0.3) is 0 Å². The van der Waals surface area contributed by atoms with Gasteiger partial charge in [0.2, 0.25) is 8.32 Å². The van der Waals surface area contributed by atoms with E-state index >= 15 is 0 Å². The van der Waals surface area contributed by atoms with Gasteiger partial charge in [-0.2, -0.15) is 0 Å². The van der Waals surface area contributed by atoms with Crippen molar-refractivity contribution >= 4 is 20.1 Å². The van der Waals surface area contributed by atoms with Gasteiger partial charge in [0.1, 0.15) is 0 Å². The lowest BCUT2D eigenvalue weighted by Gasteiger charge is -2.50. The zero-order valence-electron chi connectivity index (χ0n) is 18.4. The van der Waals surface area contributed by atoms with Crippen molar-refractivity contribution in [2.24, 2.45) is 5.41 Å². The highest BCUT2D eigenvalue weighted by molar-refractivity contribution is 6.74. The van der Waals surface area contributed by atoms with Crippen molar-refractivity contribution in [3.05, 3.63) is 11.3 Å². The quantitative estimate of drug-likeness (QED) is 0.389. The van der Waals surface area contributed by atoms with Crippen LogP contribution in [0.3, 0.4) is 0 Å². The Kier molecular flexibility index (Phi) is 5.77. The minimum Gasteiger partial charge on any atom is -0.546 e. The van der Waals surface area contributed by atoms with Crippen LogP contribution in [0.4, 0.5) is 0 Å². The number of carbonyl (C=O) groups excluding carboxylic acids is 2. The molecule has 1 aliphatic heterocycles. The fraction of sp³-hybridized carbons (Fsp3) is 0.810. The molecule has 1 aliphatic carbocycles. The van der Waals surface area contributed by atoms with Crippen LogP contribution in [0, 0.1) is 5.41 Å². The number of ether oxygens (including phenoxy) is 2. The van der Waals surface area contributed by atoms with Crippen LogP contribution in [-0.4, -0.2) is 38.4 Å². The second-order valence-corrected chi connectivity index (χ2v) is 14.8. The first-order valence-corrected chi connectivity index (χ1v) is 12.8. The van der Waals surface area contributed by atoms with Crippen LogP contribution < -0.4 is 0 Å². The standard InChI is InChI=1S/C21H36O5Si/c1-10-24-18(23)21-12-14(2)15(26-27(8,9)19(3,4)5)11-17(21)25-20(6,7)13-16(21)22/h17H,10-13H2,1-9H3/t17-,21+/m1/s1. The molecule has 0 saturated carbocycles. The first-order chi connectivity index (χ1) is 12.2. The molecule has 6 heteroatoms. The third-order valence-electron chi connectivity index (χ3n) is 6.31. The maximum atomic E-state index is 13.1. The topological polar surface area (TPSA) is 61.8 Å². The third-order valence-corrected chi connectivity index (χ3v) is 10.7. The van der Waals surface area contributed by atoms with Crippen molar-refractivity contribution in [1.82, 2.24) is 0 Å². The van der Waals surface area contributed by atoms with Gasteiger partial charge in [0.25, 0.3) is 0 Å². The number of rotatable bonds is 4. The van der Waals surface area contributed by atoms with Gasteiger partial charge in [-0.1, -0.05) is 20.8 Å². The van der Waals surface area contributed by atoms with Crippen LogP contribution in [0.15, 0.2) is 11.3 Å². The number of allylic oxidation sites excluding steroid dienone is 1. The van der Waals surface area contributed by atoms with Gasteiger partial charge in [-0.05, 0) is 57.8 Å². The van der Waals surface area contributed by atoms with Crippen molar-refractivity contribution in [1.29, 1.82) is 0 Å². The number of esters is 1. The Labute approximate surface area is 165 Å². The molecule has 0 unspecified atom stereocenters. The Morgan fingerprint density at radius 3 is 2.37 bits per heavy atom. The van der Waals surface area contributed by atoms with Crippen LogP contribution in [0.1, 0.15) is 67.7 Å². The SMILES string of the molecule is CCOC(=O)[C@]12CC(C)=C(O[Si](C)(C)C(C)(C)C)C[C@H]1OC(C)(C)CC2=O. The number of hydrogen-bond donors (Lipinski definition) is 0. The number of ketones is 1. The largest absolute Gasteiger partial charge is 0.546 e. The predicted molar refractivity (Wildman–Crippen MR) is 108 cm³/mol. The summed E-state index contributed by atoms with van der Waals surface area (Å²) in [5, 5.41) is 0.0679. The van der Waals surface area contributed by atoms with Crippen molar-refractivity contribution in [3.63, 3.8) is 0 Å². The Morgan fingerprint density at radius 1 is 1.26 bits per heavy atom. The van der Waals surface area contributed by atoms with Crippen LogP contribution >= 0.6 is 0 Å². The number of hydrogen-bond acceptors (Lipinski definition) is 5. The molecule has 2 aliphatic rings. The van der Waals surface area contributed by atoms with Crippen LogP contribution in [0.5, 0.6) is 0 Å². The lowest BCUT2D eigenvalue weighted by molar-refractivity contribution is -0.200. The molecule has 0 spiro atoms. The Balaban J connectivity index is 2.45. The lowest BCUT2D eigenvalue weighted by Crippen LogP contribution is -2.60. The lowest BCUT2D eigenvalue weighted by atomic mass is 9.64. The zero-order valence-corrected chi connectivity index (χ0v) is 19.4. The van der Waals surface area contributed by atoms with Crippen molar-refractivity contribution < 1.29 is 23.5 Å². The van der Waals surface area contributed by atoms with Gasteiger partial charge in [-0.15, -0.1) is 0 Å². The average Bonchev–Trinajstić information content (AvgIpc) is 2.47. The van der Waals surface area contributed by atoms with Gasteiger partial charge in [-0.25, -0.2) is 0 Å². The summed E-state index contributed by atoms with van der Waals surface area (Å²) in [5.74, 6) is 0.353. The molecule has 0 aromatic carbocycles. The Hall–Kier alpha value is -1.14. The highest BCUT2D eigenvalue weighted by atomic mass is 28.4. The third kappa shape index (κ3) is 4.02. The highest BCUT2D eigenvalue weighted by Crippen LogP contribution is 2.51. The molecule has 1 heterocycles. The smallest absolute Gasteiger partial charge is 0.322 e. The Morgan fingerprint density at radius 2 is 1.85 bits per heavy atom. The van der Waals surface area contributed by atoms with Crippen molar-refractivity contribution in [2.75, 3.05) is 6.61 Å². The summed E-state index contributed by atoms with van der Waals surface area (Å²) in [6, 6.07) is 0. The second kappa shape index (κ2) is 7.03. The van der Waals surface area contributed by atoms with E-state index in [1.165, 1.54) is 0 Å². The summed E-state index contributed by atoms with van der Waals surface area (Å²) < 4.78 is 18.2. The monoisotopic (exact) mass is 396 g/mol. The average molecular weight is 397 g/mol. The van der Waals surface area contributed by atoms with E-state index in [1.54, 1.807) is 6.92 Å². The molecular formula is C21H36O5Si. The molecule has 154 valence electrons. The van der Waals surface area contributed by atoms with E-state index in [1.807, 2.05) is 20.8 Å². The van der Waals surface area contributed by atoms with E-state index in [-0.39, 0.29) is 23.8 Å². The minimum atomic E-state index is -2.02. The van der Waals surface area contributed by atoms with Gasteiger partial charge in [0, 0.05) is 12.8 Å². The second-order valence-electron chi connectivity index (χ2n) is 10.1. The van der Waals surface area contributed by atoms with E-state index in [9.17, 15) is 9.59 Å². The van der Waals surface area contributed by atoms with E-state index in [0.717, 1.165) is 11.3 Å². The van der Waals surface area contributed by atoms with Crippen molar-refractivity contribution in [2.45, 2.75) is 97.6 Å². The molecule has 5 nitrogen and oxygen atoms in total. The van der Waals surface area contributed by atoms with Crippen LogP contribution in [0.2, 0.25) is 18.1 Å². The fourth-order valence-electron chi connectivity index (χ4n) is 3.71.